The summed E-state index contributed by atoms with van der Waals surface area (Å²) in [6.45, 7) is 2.41. The van der Waals surface area contributed by atoms with E-state index >= 15 is 0 Å². The highest BCUT2D eigenvalue weighted by atomic mass is 32.2. The summed E-state index contributed by atoms with van der Waals surface area (Å²) in [6, 6.07) is 3.37. The number of benzene rings is 1. The van der Waals surface area contributed by atoms with Crippen LogP contribution >= 0.6 is 11.8 Å². The molecule has 0 bridgehead atoms. The van der Waals surface area contributed by atoms with Crippen molar-refractivity contribution in [3.63, 3.8) is 0 Å². The van der Waals surface area contributed by atoms with Crippen molar-refractivity contribution in [2.45, 2.75) is 19.0 Å². The second kappa shape index (κ2) is 8.14. The molecule has 2 aliphatic rings. The van der Waals surface area contributed by atoms with Gasteiger partial charge in [-0.1, -0.05) is 12.1 Å². The highest BCUT2D eigenvalue weighted by Crippen LogP contribution is 2.19. The average molecular weight is 369 g/mol. The SMILES string of the molecule is O=C1NCCN(Cc2cccc(F)c2F)C1CC(=O)N1CCSCC1. The molecule has 2 aliphatic heterocycles. The van der Waals surface area contributed by atoms with E-state index in [0.29, 0.717) is 26.2 Å². The first-order chi connectivity index (χ1) is 12.1. The Morgan fingerprint density at radius 2 is 2.00 bits per heavy atom. The van der Waals surface area contributed by atoms with E-state index in [1.54, 1.807) is 9.80 Å². The first-order valence-electron chi connectivity index (χ1n) is 8.36. The van der Waals surface area contributed by atoms with Gasteiger partial charge in [0.25, 0.3) is 0 Å². The molecular formula is C17H21F2N3O2S. The zero-order chi connectivity index (χ0) is 17.8. The van der Waals surface area contributed by atoms with Crippen LogP contribution in [0.1, 0.15) is 12.0 Å². The molecule has 0 aromatic heterocycles. The second-order valence-electron chi connectivity index (χ2n) is 6.19. The summed E-state index contributed by atoms with van der Waals surface area (Å²) < 4.78 is 27.4. The Kier molecular flexibility index (Phi) is 5.90. The molecule has 1 aromatic rings. The van der Waals surface area contributed by atoms with E-state index in [0.717, 1.165) is 17.6 Å². The molecule has 2 saturated heterocycles. The molecule has 0 aliphatic carbocycles. The summed E-state index contributed by atoms with van der Waals surface area (Å²) in [5.74, 6) is -0.291. The zero-order valence-electron chi connectivity index (χ0n) is 13.8. The van der Waals surface area contributed by atoms with Gasteiger partial charge in [-0.25, -0.2) is 8.78 Å². The molecule has 1 N–H and O–H groups in total. The third kappa shape index (κ3) is 4.30. The summed E-state index contributed by atoms with van der Waals surface area (Å²) in [5, 5.41) is 2.76. The van der Waals surface area contributed by atoms with Crippen molar-refractivity contribution in [1.29, 1.82) is 0 Å². The fraction of sp³-hybridized carbons (Fsp3) is 0.529. The molecule has 2 amide bonds. The number of rotatable bonds is 4. The molecule has 3 rings (SSSR count). The quantitative estimate of drug-likeness (QED) is 0.868. The van der Waals surface area contributed by atoms with Crippen molar-refractivity contribution in [3.8, 4) is 0 Å². The standard InChI is InChI=1S/C17H21F2N3O2S/c18-13-3-1-2-12(16(13)19)11-22-5-4-20-17(24)14(22)10-15(23)21-6-8-25-9-7-21/h1-3,14H,4-11H2,(H,20,24). The van der Waals surface area contributed by atoms with Crippen molar-refractivity contribution in [3.05, 3.63) is 35.4 Å². The van der Waals surface area contributed by atoms with Crippen LogP contribution < -0.4 is 5.32 Å². The van der Waals surface area contributed by atoms with Gasteiger partial charge in [0, 0.05) is 49.8 Å². The van der Waals surface area contributed by atoms with Crippen molar-refractivity contribution >= 4 is 23.6 Å². The van der Waals surface area contributed by atoms with Crippen molar-refractivity contribution in [1.82, 2.24) is 15.1 Å². The number of nitrogens with one attached hydrogen (secondary N) is 1. The van der Waals surface area contributed by atoms with E-state index in [2.05, 4.69) is 5.32 Å². The summed E-state index contributed by atoms with van der Waals surface area (Å²) in [6.07, 6.45) is 0.0629. The molecule has 0 spiro atoms. The fourth-order valence-corrected chi connectivity index (χ4v) is 4.07. The highest BCUT2D eigenvalue weighted by Gasteiger charge is 2.33. The number of amides is 2. The number of nitrogens with zero attached hydrogens (tertiary/aromatic N) is 2. The molecular weight excluding hydrogens is 348 g/mol. The van der Waals surface area contributed by atoms with Crippen LogP contribution in [0.25, 0.3) is 0 Å². The van der Waals surface area contributed by atoms with E-state index in [1.165, 1.54) is 12.1 Å². The summed E-state index contributed by atoms with van der Waals surface area (Å²) in [5.41, 5.74) is 0.196. The number of piperazine rings is 1. The lowest BCUT2D eigenvalue weighted by atomic mass is 10.1. The normalized spacial score (nSPS) is 21.9. The number of carbonyl (C=O) groups excluding carboxylic acids is 2. The topological polar surface area (TPSA) is 52.7 Å². The smallest absolute Gasteiger partial charge is 0.237 e. The van der Waals surface area contributed by atoms with Gasteiger partial charge in [0.15, 0.2) is 11.6 Å². The van der Waals surface area contributed by atoms with Crippen molar-refractivity contribution in [2.24, 2.45) is 0 Å². The molecule has 1 unspecified atom stereocenters. The van der Waals surface area contributed by atoms with Gasteiger partial charge in [0.05, 0.1) is 12.5 Å². The van der Waals surface area contributed by atoms with Crippen LogP contribution in [-0.4, -0.2) is 65.3 Å². The van der Waals surface area contributed by atoms with Crippen molar-refractivity contribution < 1.29 is 18.4 Å². The van der Waals surface area contributed by atoms with Crippen LogP contribution in [-0.2, 0) is 16.1 Å². The zero-order valence-corrected chi connectivity index (χ0v) is 14.7. The van der Waals surface area contributed by atoms with E-state index in [1.807, 2.05) is 11.8 Å². The van der Waals surface area contributed by atoms with Gasteiger partial charge in [-0.15, -0.1) is 0 Å². The Bertz CT molecular complexity index is 653. The van der Waals surface area contributed by atoms with Crippen LogP contribution in [0.15, 0.2) is 18.2 Å². The fourth-order valence-electron chi connectivity index (χ4n) is 3.17. The molecule has 2 heterocycles. The first-order valence-corrected chi connectivity index (χ1v) is 9.52. The lowest BCUT2D eigenvalue weighted by Gasteiger charge is -2.36. The maximum absolute atomic E-state index is 14.0. The number of carbonyl (C=O) groups is 2. The third-order valence-electron chi connectivity index (χ3n) is 4.58. The third-order valence-corrected chi connectivity index (χ3v) is 5.52. The lowest BCUT2D eigenvalue weighted by Crippen LogP contribution is -2.56. The Morgan fingerprint density at radius 1 is 1.24 bits per heavy atom. The van der Waals surface area contributed by atoms with E-state index in [9.17, 15) is 18.4 Å². The van der Waals surface area contributed by atoms with Crippen LogP contribution in [0.4, 0.5) is 8.78 Å². The minimum Gasteiger partial charge on any atom is -0.353 e. The second-order valence-corrected chi connectivity index (χ2v) is 7.41. The van der Waals surface area contributed by atoms with Crippen LogP contribution in [0.3, 0.4) is 0 Å². The minimum absolute atomic E-state index is 0.0629. The van der Waals surface area contributed by atoms with Crippen LogP contribution in [0, 0.1) is 11.6 Å². The molecule has 2 fully saturated rings. The van der Waals surface area contributed by atoms with E-state index in [-0.39, 0.29) is 30.3 Å². The van der Waals surface area contributed by atoms with Gasteiger partial charge in [-0.05, 0) is 6.07 Å². The molecule has 136 valence electrons. The molecule has 1 aromatic carbocycles. The van der Waals surface area contributed by atoms with Crippen LogP contribution in [0.5, 0.6) is 0 Å². The van der Waals surface area contributed by atoms with Gasteiger partial charge in [0.2, 0.25) is 11.8 Å². The molecule has 25 heavy (non-hydrogen) atoms. The van der Waals surface area contributed by atoms with Gasteiger partial charge in [-0.3, -0.25) is 14.5 Å². The maximum Gasteiger partial charge on any atom is 0.237 e. The van der Waals surface area contributed by atoms with Gasteiger partial charge in [-0.2, -0.15) is 11.8 Å². The lowest BCUT2D eigenvalue weighted by molar-refractivity contribution is -0.138. The summed E-state index contributed by atoms with van der Waals surface area (Å²) >= 11 is 1.81. The summed E-state index contributed by atoms with van der Waals surface area (Å²) in [4.78, 5) is 28.3. The minimum atomic E-state index is -0.905. The van der Waals surface area contributed by atoms with Crippen LogP contribution in [0.2, 0.25) is 0 Å². The molecule has 0 radical (unpaired) electrons. The molecule has 8 heteroatoms. The predicted octanol–water partition coefficient (Wildman–Crippen LogP) is 1.23. The molecule has 5 nitrogen and oxygen atoms in total. The largest absolute Gasteiger partial charge is 0.353 e. The summed E-state index contributed by atoms with van der Waals surface area (Å²) in [7, 11) is 0. The Labute approximate surface area is 149 Å². The van der Waals surface area contributed by atoms with Crippen molar-refractivity contribution in [2.75, 3.05) is 37.7 Å². The average Bonchev–Trinajstić information content (AvgIpc) is 2.62. The monoisotopic (exact) mass is 369 g/mol. The first kappa shape index (κ1) is 18.1. The number of hydrogen-bond acceptors (Lipinski definition) is 4. The number of thioether (sulfide) groups is 1. The maximum atomic E-state index is 14.0. The van der Waals surface area contributed by atoms with E-state index < -0.39 is 17.7 Å². The molecule has 1 atom stereocenters. The number of halogens is 2. The van der Waals surface area contributed by atoms with E-state index in [4.69, 9.17) is 0 Å². The Balaban J connectivity index is 1.71. The number of hydrogen-bond donors (Lipinski definition) is 1. The van der Waals surface area contributed by atoms with Gasteiger partial charge < -0.3 is 10.2 Å². The highest BCUT2D eigenvalue weighted by molar-refractivity contribution is 7.99. The Hall–Kier alpha value is -1.67. The Morgan fingerprint density at radius 3 is 2.76 bits per heavy atom. The van der Waals surface area contributed by atoms with Gasteiger partial charge >= 0.3 is 0 Å². The molecule has 0 saturated carbocycles. The van der Waals surface area contributed by atoms with Gasteiger partial charge in [0.1, 0.15) is 0 Å². The predicted molar refractivity (Wildman–Crippen MR) is 92.1 cm³/mol.